The number of aryl methyl sites for hydroxylation is 2. The van der Waals surface area contributed by atoms with Crippen LogP contribution < -0.4 is 15.4 Å². The minimum absolute atomic E-state index is 0.0625. The van der Waals surface area contributed by atoms with Gasteiger partial charge in [0.25, 0.3) is 0 Å². The third-order valence-corrected chi connectivity index (χ3v) is 7.12. The Morgan fingerprint density at radius 2 is 1.88 bits per heavy atom. The van der Waals surface area contributed by atoms with E-state index in [1.807, 2.05) is 24.8 Å². The van der Waals surface area contributed by atoms with E-state index in [9.17, 15) is 9.59 Å². The Labute approximate surface area is 235 Å². The third-order valence-electron chi connectivity index (χ3n) is 7.12. The molecular formula is C30H37N7O3. The van der Waals surface area contributed by atoms with Gasteiger partial charge in [-0.3, -0.25) is 14.5 Å². The summed E-state index contributed by atoms with van der Waals surface area (Å²) in [4.78, 5) is 41.8. The number of methoxy groups -OCH3 is 1. The molecule has 3 heterocycles. The quantitative estimate of drug-likeness (QED) is 0.361. The number of carbonyl (C=O) groups is 2. The van der Waals surface area contributed by atoms with Crippen LogP contribution in [-0.4, -0.2) is 69.2 Å². The molecule has 0 bridgehead atoms. The topological polar surface area (TPSA) is 113 Å². The van der Waals surface area contributed by atoms with Gasteiger partial charge in [-0.25, -0.2) is 9.97 Å². The number of hydrogen-bond acceptors (Lipinski definition) is 9. The number of allylic oxidation sites excluding steroid dienone is 1. The number of pyridine rings is 1. The Kier molecular flexibility index (Phi) is 9.11. The van der Waals surface area contributed by atoms with Gasteiger partial charge in [0.05, 0.1) is 12.8 Å². The van der Waals surface area contributed by atoms with Gasteiger partial charge in [-0.15, -0.1) is 0 Å². The second-order valence-electron chi connectivity index (χ2n) is 10.1. The fourth-order valence-corrected chi connectivity index (χ4v) is 4.65. The molecule has 1 saturated heterocycles. The Balaban J connectivity index is 1.56. The Hall–Kier alpha value is -4.31. The summed E-state index contributed by atoms with van der Waals surface area (Å²) in [5.41, 5.74) is 5.34. The number of rotatable bonds is 10. The molecule has 1 aliphatic rings. The first-order valence-electron chi connectivity index (χ1n) is 13.3. The molecule has 210 valence electrons. The van der Waals surface area contributed by atoms with Crippen molar-refractivity contribution >= 4 is 34.8 Å². The van der Waals surface area contributed by atoms with Gasteiger partial charge >= 0.3 is 0 Å². The largest absolute Gasteiger partial charge is 0.481 e. The van der Waals surface area contributed by atoms with Gasteiger partial charge in [-0.05, 0) is 49.6 Å². The Morgan fingerprint density at radius 1 is 1.10 bits per heavy atom. The monoisotopic (exact) mass is 543 g/mol. The lowest BCUT2D eigenvalue weighted by Gasteiger charge is -2.39. The fourth-order valence-electron chi connectivity index (χ4n) is 4.65. The number of benzene rings is 1. The van der Waals surface area contributed by atoms with Crippen molar-refractivity contribution in [3.05, 3.63) is 71.6 Å². The van der Waals surface area contributed by atoms with Gasteiger partial charge in [0.1, 0.15) is 5.82 Å². The summed E-state index contributed by atoms with van der Waals surface area (Å²) in [5.74, 6) is 1.59. The van der Waals surface area contributed by atoms with Crippen LogP contribution in [0.1, 0.15) is 36.1 Å². The molecule has 2 aromatic heterocycles. The second kappa shape index (κ2) is 12.7. The van der Waals surface area contributed by atoms with Crippen molar-refractivity contribution in [2.45, 2.75) is 46.7 Å². The second-order valence-corrected chi connectivity index (χ2v) is 10.1. The molecule has 1 atom stereocenters. The van der Waals surface area contributed by atoms with Crippen LogP contribution in [0.5, 0.6) is 5.88 Å². The van der Waals surface area contributed by atoms with Crippen LogP contribution in [0.3, 0.4) is 0 Å². The van der Waals surface area contributed by atoms with Crippen molar-refractivity contribution in [2.24, 2.45) is 0 Å². The number of aromatic nitrogens is 3. The first-order chi connectivity index (χ1) is 19.2. The van der Waals surface area contributed by atoms with Crippen molar-refractivity contribution in [1.82, 2.24) is 24.8 Å². The van der Waals surface area contributed by atoms with E-state index >= 15 is 0 Å². The van der Waals surface area contributed by atoms with E-state index in [0.29, 0.717) is 24.2 Å². The number of anilines is 4. The lowest BCUT2D eigenvalue weighted by atomic mass is 10.0. The zero-order valence-corrected chi connectivity index (χ0v) is 23.8. The number of carbonyl (C=O) groups excluding carboxylic acids is 2. The zero-order chi connectivity index (χ0) is 28.8. The minimum atomic E-state index is -0.0625. The van der Waals surface area contributed by atoms with Gasteiger partial charge in [-0.2, -0.15) is 4.98 Å². The average Bonchev–Trinajstić information content (AvgIpc) is 2.93. The molecular weight excluding hydrogens is 506 g/mol. The summed E-state index contributed by atoms with van der Waals surface area (Å²) in [6.07, 6.45) is 5.04. The van der Waals surface area contributed by atoms with E-state index in [0.717, 1.165) is 53.3 Å². The van der Waals surface area contributed by atoms with Crippen LogP contribution in [0, 0.1) is 13.8 Å². The lowest BCUT2D eigenvalue weighted by Crippen LogP contribution is -2.52. The predicted octanol–water partition coefficient (Wildman–Crippen LogP) is 4.33. The molecule has 3 aromatic rings. The summed E-state index contributed by atoms with van der Waals surface area (Å²) in [6, 6.07) is 8.16. The van der Waals surface area contributed by atoms with Crippen molar-refractivity contribution < 1.29 is 14.3 Å². The molecule has 40 heavy (non-hydrogen) atoms. The highest BCUT2D eigenvalue weighted by molar-refractivity contribution is 5.92. The summed E-state index contributed by atoms with van der Waals surface area (Å²) < 4.78 is 5.24. The van der Waals surface area contributed by atoms with Crippen LogP contribution >= 0.6 is 0 Å². The maximum absolute atomic E-state index is 12.4. The Morgan fingerprint density at radius 3 is 2.58 bits per heavy atom. The molecule has 1 amide bonds. The fraction of sp³-hybridized carbons (Fsp3) is 0.367. The average molecular weight is 544 g/mol. The molecule has 1 aliphatic heterocycles. The van der Waals surface area contributed by atoms with Crippen molar-refractivity contribution in [3.63, 3.8) is 0 Å². The molecule has 0 spiro atoms. The maximum atomic E-state index is 12.4. The van der Waals surface area contributed by atoms with Crippen LogP contribution in [0.25, 0.3) is 0 Å². The van der Waals surface area contributed by atoms with Crippen LogP contribution in [0.2, 0.25) is 0 Å². The zero-order valence-electron chi connectivity index (χ0n) is 23.8. The number of nitrogens with zero attached hydrogens (tertiary/aromatic N) is 5. The van der Waals surface area contributed by atoms with Gasteiger partial charge in [0.15, 0.2) is 5.78 Å². The molecule has 10 heteroatoms. The standard InChI is InChI=1S/C30H37N7O3/c1-7-25(39)13-24-12-23(18-36-10-11-37(22(5)38)17-21(36)4)8-9-26(24)33-29-20(3)16-32-30(35-29)34-27-14-28(40-6)31-15-19(27)2/h7-9,12,14-16,21H,1,10-11,13,17-18H2,2-6H3,(H2,31,32,33,34,35)/t21-/m0/s1. The van der Waals surface area contributed by atoms with Crippen molar-refractivity contribution in [1.29, 1.82) is 0 Å². The molecule has 0 radical (unpaired) electrons. The summed E-state index contributed by atoms with van der Waals surface area (Å²) in [7, 11) is 1.57. The minimum Gasteiger partial charge on any atom is -0.481 e. The molecule has 4 rings (SSSR count). The van der Waals surface area contributed by atoms with E-state index < -0.39 is 0 Å². The van der Waals surface area contributed by atoms with E-state index in [-0.39, 0.29) is 24.2 Å². The molecule has 10 nitrogen and oxygen atoms in total. The van der Waals surface area contributed by atoms with E-state index in [2.05, 4.69) is 51.1 Å². The molecule has 0 saturated carbocycles. The van der Waals surface area contributed by atoms with Crippen molar-refractivity contribution in [2.75, 3.05) is 37.4 Å². The summed E-state index contributed by atoms with van der Waals surface area (Å²) >= 11 is 0. The molecule has 1 fully saturated rings. The highest BCUT2D eigenvalue weighted by Gasteiger charge is 2.25. The van der Waals surface area contributed by atoms with E-state index in [1.165, 1.54) is 6.08 Å². The van der Waals surface area contributed by atoms with E-state index in [4.69, 9.17) is 9.72 Å². The number of nitrogens with one attached hydrogen (secondary N) is 2. The lowest BCUT2D eigenvalue weighted by molar-refractivity contribution is -0.131. The molecule has 2 N–H and O–H groups in total. The number of piperazine rings is 1. The van der Waals surface area contributed by atoms with E-state index in [1.54, 1.807) is 32.5 Å². The summed E-state index contributed by atoms with van der Waals surface area (Å²) in [6.45, 7) is 14.2. The number of ketones is 1. The third kappa shape index (κ3) is 7.01. The van der Waals surface area contributed by atoms with Crippen LogP contribution in [-0.2, 0) is 22.6 Å². The molecule has 0 unspecified atom stereocenters. The SMILES string of the molecule is C=CC(=O)Cc1cc(CN2CCN(C(C)=O)C[C@@H]2C)ccc1Nc1nc(Nc2cc(OC)ncc2C)ncc1C. The first-order valence-corrected chi connectivity index (χ1v) is 13.3. The normalized spacial score (nSPS) is 15.4. The van der Waals surface area contributed by atoms with Crippen LogP contribution in [0.15, 0.2) is 49.3 Å². The molecule has 1 aromatic carbocycles. The molecule has 0 aliphatic carbocycles. The maximum Gasteiger partial charge on any atom is 0.229 e. The van der Waals surface area contributed by atoms with Gasteiger partial charge in [0, 0.05) is 75.3 Å². The van der Waals surface area contributed by atoms with Gasteiger partial charge < -0.3 is 20.3 Å². The highest BCUT2D eigenvalue weighted by Crippen LogP contribution is 2.27. The van der Waals surface area contributed by atoms with Crippen LogP contribution in [0.4, 0.5) is 23.1 Å². The smallest absolute Gasteiger partial charge is 0.229 e. The predicted molar refractivity (Wildman–Crippen MR) is 156 cm³/mol. The Bertz CT molecular complexity index is 1410. The van der Waals surface area contributed by atoms with Gasteiger partial charge in [-0.1, -0.05) is 18.7 Å². The van der Waals surface area contributed by atoms with Gasteiger partial charge in [0.2, 0.25) is 17.7 Å². The first kappa shape index (κ1) is 28.7. The van der Waals surface area contributed by atoms with Crippen molar-refractivity contribution in [3.8, 4) is 5.88 Å². The number of ether oxygens (including phenoxy) is 1. The number of amides is 1. The highest BCUT2D eigenvalue weighted by atomic mass is 16.5. The number of hydrogen-bond donors (Lipinski definition) is 2. The summed E-state index contributed by atoms with van der Waals surface area (Å²) in [5, 5.41) is 6.66.